The zero-order chi connectivity index (χ0) is 11.9. The molecule has 0 N–H and O–H groups in total. The van der Waals surface area contributed by atoms with E-state index in [1.54, 1.807) is 11.3 Å². The molecule has 0 fully saturated rings. The highest BCUT2D eigenvalue weighted by molar-refractivity contribution is 9.13. The van der Waals surface area contributed by atoms with Crippen molar-refractivity contribution in [3.63, 3.8) is 0 Å². The maximum Gasteiger partial charge on any atom is 0.0843 e. The van der Waals surface area contributed by atoms with Crippen LogP contribution >= 0.6 is 86.4 Å². The van der Waals surface area contributed by atoms with Gasteiger partial charge < -0.3 is 0 Å². The van der Waals surface area contributed by atoms with Gasteiger partial charge in [-0.2, -0.15) is 0 Å². The normalized spacial score (nSPS) is 13.1. The van der Waals surface area contributed by atoms with E-state index < -0.39 is 0 Å². The molecule has 0 spiro atoms. The van der Waals surface area contributed by atoms with Gasteiger partial charge in [0.1, 0.15) is 0 Å². The Bertz CT molecular complexity index is 430. The van der Waals surface area contributed by atoms with E-state index in [4.69, 9.17) is 0 Å². The van der Waals surface area contributed by atoms with Crippen LogP contribution in [0.5, 0.6) is 0 Å². The van der Waals surface area contributed by atoms with Gasteiger partial charge in [-0.05, 0) is 66.8 Å². The highest BCUT2D eigenvalue weighted by atomic mass is 79.9. The molecule has 0 saturated heterocycles. The monoisotopic (exact) mass is 506 g/mol. The van der Waals surface area contributed by atoms with Gasteiger partial charge in [0.2, 0.25) is 0 Å². The molecule has 86 valence electrons. The molecule has 0 aromatic carbocycles. The number of aryl methyl sites for hydroxylation is 1. The summed E-state index contributed by atoms with van der Waals surface area (Å²) in [4.78, 5) is 4.21. The van der Waals surface area contributed by atoms with E-state index in [-0.39, 0.29) is 4.83 Å². The predicted molar refractivity (Wildman–Crippen MR) is 87.2 cm³/mol. The van der Waals surface area contributed by atoms with Gasteiger partial charge in [0.15, 0.2) is 0 Å². The van der Waals surface area contributed by atoms with Crippen molar-refractivity contribution in [2.75, 3.05) is 0 Å². The first-order chi connectivity index (χ1) is 7.49. The van der Waals surface area contributed by atoms with Crippen LogP contribution in [-0.4, -0.2) is 0 Å². The molecule has 0 aliphatic heterocycles. The lowest BCUT2D eigenvalue weighted by Crippen LogP contribution is -1.83. The van der Waals surface area contributed by atoms with Crippen LogP contribution in [0.25, 0.3) is 0 Å². The number of halogens is 4. The minimum absolute atomic E-state index is 0.273. The zero-order valence-electron chi connectivity index (χ0n) is 8.06. The molecule has 2 heterocycles. The van der Waals surface area contributed by atoms with E-state index in [9.17, 15) is 0 Å². The molecule has 1 atom stereocenters. The van der Waals surface area contributed by atoms with Gasteiger partial charge in [-0.25, -0.2) is 0 Å². The lowest BCUT2D eigenvalue weighted by atomic mass is 10.3. The summed E-state index contributed by atoms with van der Waals surface area (Å²) in [5.41, 5.74) is 0. The Morgan fingerprint density at radius 2 is 1.56 bits per heavy atom. The molecule has 0 nitrogen and oxygen atoms in total. The zero-order valence-corrected chi connectivity index (χ0v) is 16.0. The van der Waals surface area contributed by atoms with Gasteiger partial charge in [-0.15, -0.1) is 22.7 Å². The van der Waals surface area contributed by atoms with E-state index in [1.165, 1.54) is 19.1 Å². The van der Waals surface area contributed by atoms with Crippen LogP contribution in [0.3, 0.4) is 0 Å². The van der Waals surface area contributed by atoms with Gasteiger partial charge >= 0.3 is 0 Å². The number of thiophene rings is 2. The molecule has 0 amide bonds. The molecule has 0 bridgehead atoms. The highest BCUT2D eigenvalue weighted by Gasteiger charge is 2.17. The third kappa shape index (κ3) is 2.83. The van der Waals surface area contributed by atoms with Crippen molar-refractivity contribution in [2.24, 2.45) is 0 Å². The van der Waals surface area contributed by atoms with Gasteiger partial charge in [0.05, 0.1) is 8.61 Å². The van der Waals surface area contributed by atoms with E-state index in [2.05, 4.69) is 82.8 Å². The number of alkyl halides is 1. The van der Waals surface area contributed by atoms with Gasteiger partial charge in [-0.1, -0.05) is 15.9 Å². The van der Waals surface area contributed by atoms with Crippen molar-refractivity contribution in [2.45, 2.75) is 11.8 Å². The Kier molecular flexibility index (Phi) is 4.75. The molecule has 16 heavy (non-hydrogen) atoms. The Hall–Kier alpha value is 1.32. The second-order valence-electron chi connectivity index (χ2n) is 3.19. The number of hydrogen-bond donors (Lipinski definition) is 0. The second kappa shape index (κ2) is 5.53. The molecule has 2 aromatic heterocycles. The molecular formula is C10H6Br4S2. The molecule has 0 radical (unpaired) electrons. The van der Waals surface area contributed by atoms with Crippen LogP contribution in [0.4, 0.5) is 0 Å². The van der Waals surface area contributed by atoms with Crippen LogP contribution in [0.15, 0.2) is 24.9 Å². The smallest absolute Gasteiger partial charge is 0.0843 e. The summed E-state index contributed by atoms with van der Waals surface area (Å²) in [6.45, 7) is 2.12. The van der Waals surface area contributed by atoms with Crippen molar-refractivity contribution in [3.05, 3.63) is 39.5 Å². The van der Waals surface area contributed by atoms with Crippen molar-refractivity contribution >= 4 is 86.4 Å². The first-order valence-electron chi connectivity index (χ1n) is 4.33. The summed E-state index contributed by atoms with van der Waals surface area (Å²) in [7, 11) is 0. The van der Waals surface area contributed by atoms with Crippen LogP contribution in [0.2, 0.25) is 0 Å². The van der Waals surface area contributed by atoms with Crippen LogP contribution in [0.1, 0.15) is 19.5 Å². The topological polar surface area (TPSA) is 0 Å². The summed E-state index contributed by atoms with van der Waals surface area (Å²) >= 11 is 17.9. The first kappa shape index (κ1) is 13.7. The average molecular weight is 510 g/mol. The van der Waals surface area contributed by atoms with Gasteiger partial charge in [0.25, 0.3) is 0 Å². The average Bonchev–Trinajstić information content (AvgIpc) is 2.72. The summed E-state index contributed by atoms with van der Waals surface area (Å²) < 4.78 is 3.44. The standard InChI is InChI=1S/C10H6Br4S2/c1-4-5(11)2-7(15-4)9(13)8-3-6(12)10(14)16-8/h2-3,9H,1H3. The molecule has 0 aliphatic carbocycles. The maximum atomic E-state index is 3.75. The summed E-state index contributed by atoms with van der Waals surface area (Å²) in [5, 5.41) is 0. The van der Waals surface area contributed by atoms with Crippen molar-refractivity contribution in [1.29, 1.82) is 0 Å². The third-order valence-electron chi connectivity index (χ3n) is 2.04. The molecular weight excluding hydrogens is 504 g/mol. The van der Waals surface area contributed by atoms with E-state index >= 15 is 0 Å². The third-order valence-corrected chi connectivity index (χ3v) is 9.16. The lowest BCUT2D eigenvalue weighted by molar-refractivity contribution is 1.28. The summed E-state index contributed by atoms with van der Waals surface area (Å²) in [5.74, 6) is 0. The Labute approximate surface area is 136 Å². The minimum Gasteiger partial charge on any atom is -0.143 e. The SMILES string of the molecule is Cc1sc(C(Br)c2cc(Br)c(Br)s2)cc1Br. The molecule has 0 aliphatic rings. The molecule has 6 heteroatoms. The molecule has 1 unspecified atom stereocenters. The van der Waals surface area contributed by atoms with Crippen molar-refractivity contribution in [1.82, 2.24) is 0 Å². The van der Waals surface area contributed by atoms with Crippen LogP contribution in [0, 0.1) is 6.92 Å². The van der Waals surface area contributed by atoms with Crippen molar-refractivity contribution in [3.8, 4) is 0 Å². The second-order valence-corrected chi connectivity index (χ2v) is 9.50. The largest absolute Gasteiger partial charge is 0.143 e. The van der Waals surface area contributed by atoms with Gasteiger partial charge in [0, 0.05) is 23.6 Å². The highest BCUT2D eigenvalue weighted by Crippen LogP contribution is 2.44. The lowest BCUT2D eigenvalue weighted by Gasteiger charge is -2.03. The fourth-order valence-electron chi connectivity index (χ4n) is 1.23. The van der Waals surface area contributed by atoms with E-state index in [0.29, 0.717) is 0 Å². The Morgan fingerprint density at radius 1 is 1.00 bits per heavy atom. The quantitative estimate of drug-likeness (QED) is 0.387. The van der Waals surface area contributed by atoms with Gasteiger partial charge in [-0.3, -0.25) is 0 Å². The molecule has 2 aromatic rings. The predicted octanol–water partition coefficient (Wildman–Crippen LogP) is 6.89. The van der Waals surface area contributed by atoms with Crippen LogP contribution < -0.4 is 0 Å². The van der Waals surface area contributed by atoms with E-state index in [1.807, 2.05) is 11.3 Å². The number of hydrogen-bond acceptors (Lipinski definition) is 2. The minimum atomic E-state index is 0.273. The summed E-state index contributed by atoms with van der Waals surface area (Å²) in [6.07, 6.45) is 0. The molecule has 2 rings (SSSR count). The summed E-state index contributed by atoms with van der Waals surface area (Å²) in [6, 6.07) is 4.33. The van der Waals surface area contributed by atoms with E-state index in [0.717, 1.165) is 8.26 Å². The Morgan fingerprint density at radius 3 is 2.00 bits per heavy atom. The Balaban J connectivity index is 2.34. The molecule has 0 saturated carbocycles. The van der Waals surface area contributed by atoms with Crippen molar-refractivity contribution < 1.29 is 0 Å². The number of rotatable bonds is 2. The fourth-order valence-corrected chi connectivity index (χ4v) is 5.78. The fraction of sp³-hybridized carbons (Fsp3) is 0.200. The van der Waals surface area contributed by atoms with Crippen LogP contribution in [-0.2, 0) is 0 Å². The maximum absolute atomic E-state index is 3.75. The first-order valence-corrected chi connectivity index (χ1v) is 9.26.